The topological polar surface area (TPSA) is 100 Å². The van der Waals surface area contributed by atoms with Gasteiger partial charge in [0, 0.05) is 31.4 Å². The van der Waals surface area contributed by atoms with Gasteiger partial charge in [-0.3, -0.25) is 9.59 Å². The third-order valence-corrected chi connectivity index (χ3v) is 4.12. The lowest BCUT2D eigenvalue weighted by molar-refractivity contribution is 0.0716. The average molecular weight is 343 g/mol. The largest absolute Gasteiger partial charge is 0.478 e. The van der Waals surface area contributed by atoms with Gasteiger partial charge < -0.3 is 19.9 Å². The number of carbonyl (C=O) groups is 1. The number of pyridine rings is 1. The van der Waals surface area contributed by atoms with Crippen LogP contribution in [-0.2, 0) is 0 Å². The molecular formula is C17H21N5O3. The molecule has 0 atom stereocenters. The molecule has 1 amide bonds. The van der Waals surface area contributed by atoms with Gasteiger partial charge in [0.05, 0.1) is 6.61 Å². The van der Waals surface area contributed by atoms with Gasteiger partial charge in [-0.05, 0) is 31.9 Å². The maximum absolute atomic E-state index is 12.5. The Kier molecular flexibility index (Phi) is 5.27. The highest BCUT2D eigenvalue weighted by atomic mass is 16.5. The molecule has 3 heterocycles. The predicted molar refractivity (Wildman–Crippen MR) is 92.8 cm³/mol. The molecule has 0 radical (unpaired) electrons. The van der Waals surface area contributed by atoms with Crippen molar-refractivity contribution in [2.45, 2.75) is 25.8 Å². The first-order chi connectivity index (χ1) is 12.2. The highest BCUT2D eigenvalue weighted by molar-refractivity contribution is 5.93. The highest BCUT2D eigenvalue weighted by Gasteiger charge is 2.25. The monoisotopic (exact) mass is 343 g/mol. The van der Waals surface area contributed by atoms with Gasteiger partial charge >= 0.3 is 0 Å². The van der Waals surface area contributed by atoms with Crippen molar-refractivity contribution >= 4 is 11.7 Å². The summed E-state index contributed by atoms with van der Waals surface area (Å²) in [6, 6.07) is 5.20. The van der Waals surface area contributed by atoms with Gasteiger partial charge in [0.2, 0.25) is 5.88 Å². The molecule has 1 fully saturated rings. The third-order valence-electron chi connectivity index (χ3n) is 4.12. The fourth-order valence-corrected chi connectivity index (χ4v) is 2.84. The second-order valence-electron chi connectivity index (χ2n) is 5.80. The first-order valence-electron chi connectivity index (χ1n) is 8.35. The first kappa shape index (κ1) is 16.9. The van der Waals surface area contributed by atoms with Crippen LogP contribution in [0.3, 0.4) is 0 Å². The molecule has 3 rings (SSSR count). The highest BCUT2D eigenvalue weighted by Crippen LogP contribution is 2.18. The van der Waals surface area contributed by atoms with E-state index in [2.05, 4.69) is 20.3 Å². The van der Waals surface area contributed by atoms with Gasteiger partial charge in [-0.15, -0.1) is 0 Å². The number of aromatic nitrogens is 3. The summed E-state index contributed by atoms with van der Waals surface area (Å²) in [7, 11) is 0. The fraction of sp³-hybridized carbons (Fsp3) is 0.412. The van der Waals surface area contributed by atoms with Gasteiger partial charge in [0.15, 0.2) is 0 Å². The molecule has 25 heavy (non-hydrogen) atoms. The zero-order valence-electron chi connectivity index (χ0n) is 14.1. The second-order valence-corrected chi connectivity index (χ2v) is 5.80. The number of piperidine rings is 1. The molecule has 2 aromatic rings. The molecule has 8 heteroatoms. The molecule has 2 N–H and O–H groups in total. The van der Waals surface area contributed by atoms with E-state index in [4.69, 9.17) is 4.74 Å². The van der Waals surface area contributed by atoms with Crippen LogP contribution >= 0.6 is 0 Å². The summed E-state index contributed by atoms with van der Waals surface area (Å²) in [5.74, 6) is 1.03. The summed E-state index contributed by atoms with van der Waals surface area (Å²) in [6.07, 6.45) is 4.55. The van der Waals surface area contributed by atoms with Gasteiger partial charge in [0.1, 0.15) is 17.7 Å². The lowest BCUT2D eigenvalue weighted by Gasteiger charge is -2.32. The van der Waals surface area contributed by atoms with Crippen molar-refractivity contribution in [3.05, 3.63) is 46.6 Å². The number of rotatable bonds is 5. The molecular weight excluding hydrogens is 322 g/mol. The SMILES string of the molecule is CCOc1cc(NC2CCN(C(=O)c3ccc[nH]c3=O)CC2)ncn1. The molecule has 8 nitrogen and oxygen atoms in total. The number of aromatic amines is 1. The minimum atomic E-state index is -0.350. The average Bonchev–Trinajstić information content (AvgIpc) is 2.63. The Morgan fingerprint density at radius 1 is 1.40 bits per heavy atom. The zero-order valence-corrected chi connectivity index (χ0v) is 14.1. The van der Waals surface area contributed by atoms with E-state index in [1.807, 2.05) is 6.92 Å². The minimum absolute atomic E-state index is 0.186. The maximum atomic E-state index is 12.5. The Balaban J connectivity index is 1.57. The number of amides is 1. The third kappa shape index (κ3) is 4.14. The molecule has 0 bridgehead atoms. The Morgan fingerprint density at radius 2 is 2.20 bits per heavy atom. The molecule has 0 aromatic carbocycles. The van der Waals surface area contributed by atoms with Crippen LogP contribution in [0.15, 0.2) is 35.5 Å². The molecule has 1 aliphatic heterocycles. The first-order valence-corrected chi connectivity index (χ1v) is 8.35. The summed E-state index contributed by atoms with van der Waals surface area (Å²) in [5, 5.41) is 3.35. The molecule has 132 valence electrons. The van der Waals surface area contributed by atoms with Crippen molar-refractivity contribution in [1.29, 1.82) is 0 Å². The van der Waals surface area contributed by atoms with Crippen molar-refractivity contribution in [1.82, 2.24) is 19.9 Å². The van der Waals surface area contributed by atoms with E-state index in [1.165, 1.54) is 12.5 Å². The van der Waals surface area contributed by atoms with Crippen molar-refractivity contribution in [3.63, 3.8) is 0 Å². The number of nitrogens with one attached hydrogen (secondary N) is 2. The maximum Gasteiger partial charge on any atom is 0.260 e. The summed E-state index contributed by atoms with van der Waals surface area (Å²) in [6.45, 7) is 3.64. The normalized spacial score (nSPS) is 15.0. The van der Waals surface area contributed by atoms with Gasteiger partial charge in [0.25, 0.3) is 11.5 Å². The Hall–Kier alpha value is -2.90. The van der Waals surface area contributed by atoms with E-state index < -0.39 is 0 Å². The number of hydrogen-bond donors (Lipinski definition) is 2. The Labute approximate surface area is 145 Å². The zero-order chi connectivity index (χ0) is 17.6. The summed E-state index contributed by atoms with van der Waals surface area (Å²) in [4.78, 5) is 36.7. The number of hydrogen-bond acceptors (Lipinski definition) is 6. The number of ether oxygens (including phenoxy) is 1. The van der Waals surface area contributed by atoms with Crippen molar-refractivity contribution in [2.24, 2.45) is 0 Å². The van der Waals surface area contributed by atoms with Crippen molar-refractivity contribution in [2.75, 3.05) is 25.0 Å². The number of likely N-dealkylation sites (tertiary alicyclic amines) is 1. The van der Waals surface area contributed by atoms with E-state index in [0.29, 0.717) is 31.4 Å². The number of nitrogens with zero attached hydrogens (tertiary/aromatic N) is 3. The molecule has 0 saturated carbocycles. The molecule has 0 spiro atoms. The predicted octanol–water partition coefficient (Wildman–Crippen LogP) is 1.28. The summed E-state index contributed by atoms with van der Waals surface area (Å²) in [5.41, 5.74) is -0.164. The van der Waals surface area contributed by atoms with Crippen LogP contribution < -0.4 is 15.6 Å². The van der Waals surface area contributed by atoms with Crippen LogP contribution in [0.2, 0.25) is 0 Å². The summed E-state index contributed by atoms with van der Waals surface area (Å²) >= 11 is 0. The summed E-state index contributed by atoms with van der Waals surface area (Å²) < 4.78 is 5.37. The molecule has 1 aliphatic rings. The van der Waals surface area contributed by atoms with E-state index in [9.17, 15) is 9.59 Å². The van der Waals surface area contributed by atoms with Crippen LogP contribution in [0.4, 0.5) is 5.82 Å². The number of anilines is 1. The fourth-order valence-electron chi connectivity index (χ4n) is 2.84. The standard InChI is InChI=1S/C17H21N5O3/c1-2-25-15-10-14(19-11-20-15)21-12-5-8-22(9-6-12)17(24)13-4-3-7-18-16(13)23/h3-4,7,10-12H,2,5-6,8-9H2,1H3,(H,18,23)(H,19,20,21). The molecule has 2 aromatic heterocycles. The Morgan fingerprint density at radius 3 is 2.92 bits per heavy atom. The molecule has 0 unspecified atom stereocenters. The van der Waals surface area contributed by atoms with E-state index >= 15 is 0 Å². The van der Waals surface area contributed by atoms with Gasteiger partial charge in [-0.2, -0.15) is 0 Å². The van der Waals surface area contributed by atoms with E-state index in [0.717, 1.165) is 12.8 Å². The van der Waals surface area contributed by atoms with Crippen LogP contribution in [0.5, 0.6) is 5.88 Å². The van der Waals surface area contributed by atoms with Crippen molar-refractivity contribution in [3.8, 4) is 5.88 Å². The van der Waals surface area contributed by atoms with Crippen molar-refractivity contribution < 1.29 is 9.53 Å². The number of carbonyl (C=O) groups excluding carboxylic acids is 1. The van der Waals surface area contributed by atoms with Crippen LogP contribution in [0.25, 0.3) is 0 Å². The van der Waals surface area contributed by atoms with Gasteiger partial charge in [-0.25, -0.2) is 9.97 Å². The van der Waals surface area contributed by atoms with E-state index in [-0.39, 0.29) is 23.1 Å². The molecule has 0 aliphatic carbocycles. The van der Waals surface area contributed by atoms with Crippen LogP contribution in [0.1, 0.15) is 30.1 Å². The smallest absolute Gasteiger partial charge is 0.260 e. The second kappa shape index (κ2) is 7.78. The van der Waals surface area contributed by atoms with E-state index in [1.54, 1.807) is 23.1 Å². The van der Waals surface area contributed by atoms with Crippen LogP contribution in [-0.4, -0.2) is 51.5 Å². The van der Waals surface area contributed by atoms with Gasteiger partial charge in [-0.1, -0.05) is 0 Å². The Bertz CT molecular complexity index is 784. The number of H-pyrrole nitrogens is 1. The quantitative estimate of drug-likeness (QED) is 0.848. The lowest BCUT2D eigenvalue weighted by Crippen LogP contribution is -2.43. The minimum Gasteiger partial charge on any atom is -0.478 e. The van der Waals surface area contributed by atoms with Crippen LogP contribution in [0, 0.1) is 0 Å². The lowest BCUT2D eigenvalue weighted by atomic mass is 10.0. The molecule has 1 saturated heterocycles.